The zero-order valence-electron chi connectivity index (χ0n) is 10.8. The van der Waals surface area contributed by atoms with Crippen molar-refractivity contribution < 1.29 is 0 Å². The van der Waals surface area contributed by atoms with Gasteiger partial charge in [-0.1, -0.05) is 18.0 Å². The summed E-state index contributed by atoms with van der Waals surface area (Å²) in [4.78, 5) is 2.53. The summed E-state index contributed by atoms with van der Waals surface area (Å²) in [5.74, 6) is 0. The van der Waals surface area contributed by atoms with Gasteiger partial charge in [0, 0.05) is 24.7 Å². The minimum absolute atomic E-state index is 0. The van der Waals surface area contributed by atoms with Crippen molar-refractivity contribution in [2.24, 2.45) is 0 Å². The number of halogens is 2. The molecule has 0 aromatic carbocycles. The van der Waals surface area contributed by atoms with Crippen LogP contribution in [-0.4, -0.2) is 39.3 Å². The van der Waals surface area contributed by atoms with E-state index in [1.807, 2.05) is 12.1 Å². The third-order valence-corrected chi connectivity index (χ3v) is 3.77. The lowest BCUT2D eigenvalue weighted by molar-refractivity contribution is 0.221. The molecule has 0 N–H and O–H groups in total. The van der Waals surface area contributed by atoms with Gasteiger partial charge in [0.25, 0.3) is 0 Å². The third-order valence-electron chi connectivity index (χ3n) is 3.58. The van der Waals surface area contributed by atoms with E-state index in [1.54, 1.807) is 0 Å². The lowest BCUT2D eigenvalue weighted by Gasteiger charge is -2.26. The number of fused-ring (bicyclic) bond motifs is 1. The van der Waals surface area contributed by atoms with E-state index >= 15 is 0 Å². The van der Waals surface area contributed by atoms with Crippen molar-refractivity contribution in [2.75, 3.05) is 19.6 Å². The van der Waals surface area contributed by atoms with E-state index in [0.717, 1.165) is 24.1 Å². The highest BCUT2D eigenvalue weighted by atomic mass is 35.5. The number of rotatable bonds is 3. The Morgan fingerprint density at radius 3 is 2.68 bits per heavy atom. The predicted molar refractivity (Wildman–Crippen MR) is 80.1 cm³/mol. The second kappa shape index (κ2) is 6.55. The van der Waals surface area contributed by atoms with Crippen LogP contribution in [0.1, 0.15) is 19.3 Å². The maximum absolute atomic E-state index is 5.84. The number of likely N-dealkylation sites (tertiary alicyclic amines) is 1. The summed E-state index contributed by atoms with van der Waals surface area (Å²) in [5, 5.41) is 9.60. The molecule has 1 fully saturated rings. The topological polar surface area (TPSA) is 34.0 Å². The number of hydrogen-bond donors (Lipinski definition) is 0. The molecule has 2 aromatic rings. The molecular formula is C13H18Cl2N4. The lowest BCUT2D eigenvalue weighted by Crippen LogP contribution is -2.32. The molecule has 4 nitrogen and oxygen atoms in total. The van der Waals surface area contributed by atoms with Gasteiger partial charge in [-0.05, 0) is 38.1 Å². The van der Waals surface area contributed by atoms with Gasteiger partial charge in [-0.2, -0.15) is 0 Å². The minimum Gasteiger partial charge on any atom is -0.330 e. The standard InChI is InChI=1S/C13H17ClN4.ClH/c14-12-10-11-4-7-18(13(11)16-15-12)9-8-17-5-2-1-3-6-17;/h4,7,10H,1-3,5-6,8-9H2;1H. The van der Waals surface area contributed by atoms with Crippen LogP contribution in [0.15, 0.2) is 18.3 Å². The molecule has 0 spiro atoms. The van der Waals surface area contributed by atoms with Crippen LogP contribution in [0.2, 0.25) is 5.15 Å². The van der Waals surface area contributed by atoms with E-state index in [-0.39, 0.29) is 12.4 Å². The molecule has 3 heterocycles. The van der Waals surface area contributed by atoms with Crippen molar-refractivity contribution in [2.45, 2.75) is 25.8 Å². The van der Waals surface area contributed by atoms with Crippen molar-refractivity contribution in [1.29, 1.82) is 0 Å². The zero-order valence-corrected chi connectivity index (χ0v) is 12.3. The fourth-order valence-electron chi connectivity index (χ4n) is 2.57. The average Bonchev–Trinajstić information content (AvgIpc) is 2.80. The maximum atomic E-state index is 5.84. The molecule has 0 atom stereocenters. The summed E-state index contributed by atoms with van der Waals surface area (Å²) in [6.45, 7) is 4.53. The number of hydrogen-bond acceptors (Lipinski definition) is 3. The minimum atomic E-state index is 0. The summed E-state index contributed by atoms with van der Waals surface area (Å²) >= 11 is 5.84. The van der Waals surface area contributed by atoms with E-state index in [1.165, 1.54) is 32.4 Å². The normalized spacial score (nSPS) is 16.5. The number of aromatic nitrogens is 3. The quantitative estimate of drug-likeness (QED) is 0.874. The highest BCUT2D eigenvalue weighted by Crippen LogP contribution is 2.16. The van der Waals surface area contributed by atoms with E-state index in [2.05, 4.69) is 25.9 Å². The van der Waals surface area contributed by atoms with Gasteiger partial charge in [-0.25, -0.2) is 0 Å². The Morgan fingerprint density at radius 1 is 1.11 bits per heavy atom. The highest BCUT2D eigenvalue weighted by Gasteiger charge is 2.10. The van der Waals surface area contributed by atoms with E-state index < -0.39 is 0 Å². The van der Waals surface area contributed by atoms with Crippen LogP contribution >= 0.6 is 24.0 Å². The molecule has 0 amide bonds. The number of nitrogens with zero attached hydrogens (tertiary/aromatic N) is 4. The zero-order chi connectivity index (χ0) is 12.4. The van der Waals surface area contributed by atoms with Gasteiger partial charge in [-0.15, -0.1) is 22.6 Å². The molecular weight excluding hydrogens is 283 g/mol. The van der Waals surface area contributed by atoms with Crippen molar-refractivity contribution in [3.8, 4) is 0 Å². The first-order valence-electron chi connectivity index (χ1n) is 6.53. The first-order valence-corrected chi connectivity index (χ1v) is 6.91. The first kappa shape index (κ1) is 14.6. The second-order valence-corrected chi connectivity index (χ2v) is 5.24. The van der Waals surface area contributed by atoms with Crippen LogP contribution in [0.4, 0.5) is 0 Å². The van der Waals surface area contributed by atoms with E-state index in [9.17, 15) is 0 Å². The summed E-state index contributed by atoms with van der Waals surface area (Å²) < 4.78 is 2.16. The highest BCUT2D eigenvalue weighted by molar-refractivity contribution is 6.29. The summed E-state index contributed by atoms with van der Waals surface area (Å²) in [7, 11) is 0. The third kappa shape index (κ3) is 3.38. The van der Waals surface area contributed by atoms with Gasteiger partial charge in [0.2, 0.25) is 0 Å². The Morgan fingerprint density at radius 2 is 1.89 bits per heavy atom. The fraction of sp³-hybridized carbons (Fsp3) is 0.538. The van der Waals surface area contributed by atoms with Gasteiger partial charge >= 0.3 is 0 Å². The SMILES string of the molecule is Cl.Clc1cc2ccn(CCN3CCCCC3)c2nn1. The van der Waals surface area contributed by atoms with Crippen LogP contribution in [0, 0.1) is 0 Å². The molecule has 6 heteroatoms. The molecule has 0 unspecified atom stereocenters. The molecule has 3 rings (SSSR count). The van der Waals surface area contributed by atoms with Crippen LogP contribution in [0.3, 0.4) is 0 Å². The Hall–Kier alpha value is -0.840. The van der Waals surface area contributed by atoms with Gasteiger partial charge < -0.3 is 9.47 Å². The second-order valence-electron chi connectivity index (χ2n) is 4.86. The predicted octanol–water partition coefficient (Wildman–Crippen LogP) is 2.99. The van der Waals surface area contributed by atoms with Crippen LogP contribution in [-0.2, 0) is 6.54 Å². The molecule has 2 aromatic heterocycles. The van der Waals surface area contributed by atoms with Gasteiger partial charge in [0.15, 0.2) is 10.8 Å². The van der Waals surface area contributed by atoms with E-state index in [4.69, 9.17) is 11.6 Å². The van der Waals surface area contributed by atoms with Crippen molar-refractivity contribution in [3.63, 3.8) is 0 Å². The van der Waals surface area contributed by atoms with Crippen LogP contribution in [0.25, 0.3) is 11.0 Å². The Bertz CT molecular complexity index is 534. The van der Waals surface area contributed by atoms with Crippen molar-refractivity contribution in [3.05, 3.63) is 23.5 Å². The molecule has 0 aliphatic carbocycles. The molecule has 0 bridgehead atoms. The Labute approximate surface area is 124 Å². The summed E-state index contributed by atoms with van der Waals surface area (Å²) in [5.41, 5.74) is 0.927. The largest absolute Gasteiger partial charge is 0.330 e. The van der Waals surface area contributed by atoms with Gasteiger partial charge in [0.1, 0.15) is 0 Å². The fourth-order valence-corrected chi connectivity index (χ4v) is 2.73. The Balaban J connectivity index is 0.00000133. The molecule has 0 radical (unpaired) electrons. The summed E-state index contributed by atoms with van der Waals surface area (Å²) in [6, 6.07) is 3.91. The molecule has 1 saturated heterocycles. The van der Waals surface area contributed by atoms with Gasteiger partial charge in [-0.3, -0.25) is 0 Å². The van der Waals surface area contributed by atoms with Gasteiger partial charge in [0.05, 0.1) is 0 Å². The lowest BCUT2D eigenvalue weighted by atomic mass is 10.1. The molecule has 1 aliphatic heterocycles. The monoisotopic (exact) mass is 300 g/mol. The average molecular weight is 301 g/mol. The molecule has 104 valence electrons. The molecule has 1 aliphatic rings. The smallest absolute Gasteiger partial charge is 0.162 e. The van der Waals surface area contributed by atoms with Crippen molar-refractivity contribution in [1.82, 2.24) is 19.7 Å². The Kier molecular flexibility index (Phi) is 5.02. The number of piperidine rings is 1. The van der Waals surface area contributed by atoms with Crippen molar-refractivity contribution >= 4 is 35.0 Å². The maximum Gasteiger partial charge on any atom is 0.162 e. The molecule has 0 saturated carbocycles. The molecule has 19 heavy (non-hydrogen) atoms. The first-order chi connectivity index (χ1) is 8.83. The van der Waals surface area contributed by atoms with E-state index in [0.29, 0.717) is 5.15 Å². The summed E-state index contributed by atoms with van der Waals surface area (Å²) in [6.07, 6.45) is 6.12. The van der Waals surface area contributed by atoms with Crippen LogP contribution < -0.4 is 0 Å². The van der Waals surface area contributed by atoms with Crippen LogP contribution in [0.5, 0.6) is 0 Å².